The van der Waals surface area contributed by atoms with E-state index in [1.54, 1.807) is 0 Å². The highest BCUT2D eigenvalue weighted by molar-refractivity contribution is 7.92. The van der Waals surface area contributed by atoms with Crippen molar-refractivity contribution in [1.82, 2.24) is 15.2 Å². The Labute approximate surface area is 118 Å². The molecule has 0 atom stereocenters. The number of anilines is 2. The predicted octanol–water partition coefficient (Wildman–Crippen LogP) is 1.56. The van der Waals surface area contributed by atoms with Crippen LogP contribution in [0.4, 0.5) is 11.6 Å². The molecule has 0 aliphatic rings. The Bertz CT molecular complexity index is 708. The van der Waals surface area contributed by atoms with Gasteiger partial charge in [0.05, 0.1) is 28.1 Å². The van der Waals surface area contributed by atoms with E-state index in [1.165, 1.54) is 24.5 Å². The molecule has 2 rings (SSSR count). The lowest BCUT2D eigenvalue weighted by Gasteiger charge is -2.09. The minimum absolute atomic E-state index is 0.0155. The molecule has 1 aromatic carbocycles. The topological polar surface area (TPSA) is 111 Å². The summed E-state index contributed by atoms with van der Waals surface area (Å²) in [6.07, 6.45) is 2.60. The van der Waals surface area contributed by atoms with Crippen molar-refractivity contribution >= 4 is 44.9 Å². The van der Waals surface area contributed by atoms with E-state index in [1.807, 2.05) is 0 Å². The minimum atomic E-state index is -3.97. The van der Waals surface area contributed by atoms with E-state index in [0.29, 0.717) is 0 Å². The molecule has 3 N–H and O–H groups in total. The average molecular weight is 320 g/mol. The SMILES string of the molecule is Nc1c(Cl)ccc(S(=O)(=O)Nc2nccnn2)c1Cl. The van der Waals surface area contributed by atoms with Gasteiger partial charge in [-0.3, -0.25) is 0 Å². The third-order valence-corrected chi connectivity index (χ3v) is 4.31. The molecular formula is C9H7Cl2N5O2S. The van der Waals surface area contributed by atoms with E-state index in [9.17, 15) is 8.42 Å². The third kappa shape index (κ3) is 2.86. The van der Waals surface area contributed by atoms with Crippen LogP contribution in [0, 0.1) is 0 Å². The van der Waals surface area contributed by atoms with Crippen LogP contribution in [0.15, 0.2) is 29.4 Å². The highest BCUT2D eigenvalue weighted by atomic mass is 35.5. The van der Waals surface area contributed by atoms with Crippen molar-refractivity contribution in [3.05, 3.63) is 34.6 Å². The number of halogens is 2. The second kappa shape index (κ2) is 5.16. The van der Waals surface area contributed by atoms with Crippen molar-refractivity contribution in [2.75, 3.05) is 10.5 Å². The van der Waals surface area contributed by atoms with Gasteiger partial charge in [-0.1, -0.05) is 23.2 Å². The van der Waals surface area contributed by atoms with Crippen LogP contribution < -0.4 is 10.5 Å². The van der Waals surface area contributed by atoms with Gasteiger partial charge in [-0.15, -0.1) is 5.10 Å². The van der Waals surface area contributed by atoms with E-state index in [-0.39, 0.29) is 26.6 Å². The maximum Gasteiger partial charge on any atom is 0.265 e. The smallest absolute Gasteiger partial charge is 0.265 e. The zero-order chi connectivity index (χ0) is 14.0. The molecule has 10 heteroatoms. The number of nitrogens with zero attached hydrogens (tertiary/aromatic N) is 3. The van der Waals surface area contributed by atoms with Crippen LogP contribution >= 0.6 is 23.2 Å². The fourth-order valence-corrected chi connectivity index (χ4v) is 2.94. The lowest BCUT2D eigenvalue weighted by atomic mass is 10.3. The maximum absolute atomic E-state index is 12.1. The highest BCUT2D eigenvalue weighted by Crippen LogP contribution is 2.33. The fraction of sp³-hybridized carbons (Fsp3) is 0. The Morgan fingerprint density at radius 1 is 1.21 bits per heavy atom. The van der Waals surface area contributed by atoms with Crippen molar-refractivity contribution < 1.29 is 8.42 Å². The zero-order valence-electron chi connectivity index (χ0n) is 9.21. The van der Waals surface area contributed by atoms with E-state index in [0.717, 1.165) is 0 Å². The number of nitrogens with one attached hydrogen (secondary N) is 1. The molecule has 2 aromatic rings. The molecular weight excluding hydrogens is 313 g/mol. The summed E-state index contributed by atoms with van der Waals surface area (Å²) >= 11 is 11.6. The molecule has 0 saturated carbocycles. The van der Waals surface area contributed by atoms with E-state index in [2.05, 4.69) is 19.9 Å². The van der Waals surface area contributed by atoms with Crippen LogP contribution in [0.2, 0.25) is 10.0 Å². The summed E-state index contributed by atoms with van der Waals surface area (Å²) in [6.45, 7) is 0. The lowest BCUT2D eigenvalue weighted by molar-refractivity contribution is 0.600. The van der Waals surface area contributed by atoms with Crippen molar-refractivity contribution in [2.45, 2.75) is 4.90 Å². The minimum Gasteiger partial charge on any atom is -0.396 e. The third-order valence-electron chi connectivity index (χ3n) is 2.09. The molecule has 0 amide bonds. The molecule has 0 bridgehead atoms. The summed E-state index contributed by atoms with van der Waals surface area (Å²) in [4.78, 5) is 3.48. The second-order valence-electron chi connectivity index (χ2n) is 3.34. The molecule has 0 saturated heterocycles. The van der Waals surface area contributed by atoms with Gasteiger partial charge in [-0.05, 0) is 12.1 Å². The Kier molecular flexibility index (Phi) is 3.74. The highest BCUT2D eigenvalue weighted by Gasteiger charge is 2.21. The summed E-state index contributed by atoms with van der Waals surface area (Å²) < 4.78 is 26.3. The Hall–Kier alpha value is -1.64. The molecule has 19 heavy (non-hydrogen) atoms. The summed E-state index contributed by atoms with van der Waals surface area (Å²) in [5.41, 5.74) is 5.56. The van der Waals surface area contributed by atoms with Crippen LogP contribution in [0.3, 0.4) is 0 Å². The molecule has 0 aliphatic heterocycles. The summed E-state index contributed by atoms with van der Waals surface area (Å²) in [5, 5.41) is 7.01. The average Bonchev–Trinajstić information content (AvgIpc) is 2.36. The molecule has 1 aromatic heterocycles. The van der Waals surface area contributed by atoms with Gasteiger partial charge in [-0.25, -0.2) is 18.1 Å². The molecule has 7 nitrogen and oxygen atoms in total. The number of sulfonamides is 1. The number of nitrogen functional groups attached to an aromatic ring is 1. The van der Waals surface area contributed by atoms with Crippen molar-refractivity contribution in [2.24, 2.45) is 0 Å². The molecule has 0 unspecified atom stereocenters. The predicted molar refractivity (Wildman–Crippen MR) is 71.5 cm³/mol. The van der Waals surface area contributed by atoms with E-state index in [4.69, 9.17) is 28.9 Å². The molecule has 0 spiro atoms. The summed E-state index contributed by atoms with van der Waals surface area (Å²) in [6, 6.07) is 2.57. The van der Waals surface area contributed by atoms with Gasteiger partial charge in [0.2, 0.25) is 0 Å². The van der Waals surface area contributed by atoms with E-state index < -0.39 is 10.0 Å². The number of nitrogens with two attached hydrogens (primary N) is 1. The van der Waals surface area contributed by atoms with Crippen molar-refractivity contribution in [1.29, 1.82) is 0 Å². The molecule has 100 valence electrons. The van der Waals surface area contributed by atoms with Crippen LogP contribution in [-0.2, 0) is 10.0 Å². The Morgan fingerprint density at radius 3 is 2.58 bits per heavy atom. The van der Waals surface area contributed by atoms with Gasteiger partial charge in [0.1, 0.15) is 4.90 Å². The number of hydrogen-bond acceptors (Lipinski definition) is 6. The van der Waals surface area contributed by atoms with Gasteiger partial charge < -0.3 is 5.73 Å². The molecule has 0 fully saturated rings. The second-order valence-corrected chi connectivity index (χ2v) is 5.78. The normalized spacial score (nSPS) is 11.3. The number of rotatable bonds is 3. The zero-order valence-corrected chi connectivity index (χ0v) is 11.5. The largest absolute Gasteiger partial charge is 0.396 e. The Morgan fingerprint density at radius 2 is 1.95 bits per heavy atom. The first-order valence-corrected chi connectivity index (χ1v) is 7.05. The summed E-state index contributed by atoms with van der Waals surface area (Å²) in [5.74, 6) is -0.174. The van der Waals surface area contributed by atoms with Crippen LogP contribution in [0.5, 0.6) is 0 Å². The first-order valence-electron chi connectivity index (χ1n) is 4.82. The van der Waals surface area contributed by atoms with Gasteiger partial charge in [-0.2, -0.15) is 5.10 Å². The Balaban J connectivity index is 2.44. The maximum atomic E-state index is 12.1. The van der Waals surface area contributed by atoms with Gasteiger partial charge in [0, 0.05) is 0 Å². The van der Waals surface area contributed by atoms with Gasteiger partial charge in [0.25, 0.3) is 16.0 Å². The molecule has 0 aliphatic carbocycles. The van der Waals surface area contributed by atoms with Crippen molar-refractivity contribution in [3.63, 3.8) is 0 Å². The molecule has 0 radical (unpaired) electrons. The van der Waals surface area contributed by atoms with Crippen LogP contribution in [0.25, 0.3) is 0 Å². The number of benzene rings is 1. The first-order chi connectivity index (χ1) is 8.92. The van der Waals surface area contributed by atoms with E-state index >= 15 is 0 Å². The fourth-order valence-electron chi connectivity index (χ4n) is 1.23. The van der Waals surface area contributed by atoms with Gasteiger partial charge in [0.15, 0.2) is 0 Å². The number of hydrogen-bond donors (Lipinski definition) is 2. The van der Waals surface area contributed by atoms with Crippen LogP contribution in [0.1, 0.15) is 0 Å². The standard InChI is InChI=1S/C9H7Cl2N5O2S/c10-5-1-2-6(7(11)8(5)12)19(17,18)16-9-13-3-4-14-15-9/h1-4H,12H2,(H,13,15,16). The quantitative estimate of drug-likeness (QED) is 0.830. The van der Waals surface area contributed by atoms with Crippen LogP contribution in [-0.4, -0.2) is 23.6 Å². The molecule has 1 heterocycles. The first kappa shape index (κ1) is 13.8. The number of aromatic nitrogens is 3. The monoisotopic (exact) mass is 319 g/mol. The van der Waals surface area contributed by atoms with Crippen molar-refractivity contribution in [3.8, 4) is 0 Å². The van der Waals surface area contributed by atoms with Gasteiger partial charge >= 0.3 is 0 Å². The lowest BCUT2D eigenvalue weighted by Crippen LogP contribution is -2.16. The summed E-state index contributed by atoms with van der Waals surface area (Å²) in [7, 11) is -3.97.